The zero-order chi connectivity index (χ0) is 5.82. The number of nitrogens with zero attached hydrogens (tertiary/aromatic N) is 1. The summed E-state index contributed by atoms with van der Waals surface area (Å²) in [5.41, 5.74) is 0. The number of rotatable bonds is 2. The summed E-state index contributed by atoms with van der Waals surface area (Å²) >= 11 is 0. The van der Waals surface area contributed by atoms with Crippen molar-refractivity contribution >= 4 is 7.05 Å². The van der Waals surface area contributed by atoms with Gasteiger partial charge in [-0.1, -0.05) is 0 Å². The summed E-state index contributed by atoms with van der Waals surface area (Å²) in [6, 6.07) is 2.05. The van der Waals surface area contributed by atoms with Crippen LogP contribution in [-0.4, -0.2) is 11.5 Å². The van der Waals surface area contributed by atoms with Crippen LogP contribution in [0.2, 0.25) is 0 Å². The monoisotopic (exact) mass is 107 g/mol. The zero-order valence-electron chi connectivity index (χ0n) is 5.17. The molecule has 0 amide bonds. The second kappa shape index (κ2) is 2.70. The van der Waals surface area contributed by atoms with Crippen molar-refractivity contribution in [2.75, 3.05) is 0 Å². The molecule has 1 rings (SSSR count). The van der Waals surface area contributed by atoms with Gasteiger partial charge in [-0.15, -0.1) is 0 Å². The van der Waals surface area contributed by atoms with Crippen LogP contribution in [0.1, 0.15) is 13.3 Å². The average Bonchev–Trinajstić information content (AvgIpc) is 2.19. The maximum absolute atomic E-state index is 2.18. The molecule has 0 bridgehead atoms. The molecular formula is C6H10BN. The summed E-state index contributed by atoms with van der Waals surface area (Å²) in [4.78, 5) is 0. The van der Waals surface area contributed by atoms with Crippen LogP contribution in [0.25, 0.3) is 0 Å². The molecule has 0 unspecified atom stereocenters. The molecule has 0 aliphatic carbocycles. The topological polar surface area (TPSA) is 4.93 Å². The fourth-order valence-corrected chi connectivity index (χ4v) is 0.777. The van der Waals surface area contributed by atoms with E-state index in [1.165, 1.54) is 6.42 Å². The summed E-state index contributed by atoms with van der Waals surface area (Å²) in [7, 11) is 2.09. The third kappa shape index (κ3) is 1.22. The van der Waals surface area contributed by atoms with Crippen molar-refractivity contribution in [1.29, 1.82) is 0 Å². The number of aryl methyl sites for hydroxylation is 1. The van der Waals surface area contributed by atoms with E-state index in [1.807, 2.05) is 0 Å². The number of hydrogen-bond donors (Lipinski definition) is 0. The van der Waals surface area contributed by atoms with Crippen LogP contribution in [0.15, 0.2) is 18.2 Å². The second-order valence-corrected chi connectivity index (χ2v) is 1.92. The van der Waals surface area contributed by atoms with Gasteiger partial charge in [0.25, 0.3) is 0 Å². The molecule has 0 spiro atoms. The van der Waals surface area contributed by atoms with E-state index in [-0.39, 0.29) is 0 Å². The summed E-state index contributed by atoms with van der Waals surface area (Å²) in [6.07, 6.45) is 3.30. The van der Waals surface area contributed by atoms with Gasteiger partial charge in [-0.25, -0.2) is 0 Å². The molecule has 0 aromatic carbocycles. The van der Waals surface area contributed by atoms with Crippen molar-refractivity contribution < 1.29 is 0 Å². The Labute approximate surface area is 50.6 Å². The Balaban J connectivity index is 2.50. The van der Waals surface area contributed by atoms with Crippen molar-refractivity contribution in [2.45, 2.75) is 19.9 Å². The van der Waals surface area contributed by atoms with E-state index >= 15 is 0 Å². The van der Waals surface area contributed by atoms with Crippen LogP contribution < -0.4 is 0 Å². The van der Waals surface area contributed by atoms with E-state index in [0.717, 1.165) is 6.54 Å². The molecule has 0 saturated carbocycles. The van der Waals surface area contributed by atoms with Gasteiger partial charge in [0.1, 0.15) is 0 Å². The van der Waals surface area contributed by atoms with E-state index in [1.54, 1.807) is 0 Å². The molecule has 0 atom stereocenters. The van der Waals surface area contributed by atoms with Crippen molar-refractivity contribution in [3.8, 4) is 0 Å². The van der Waals surface area contributed by atoms with Gasteiger partial charge < -0.3 is 0 Å². The summed E-state index contributed by atoms with van der Waals surface area (Å²) in [6.45, 7) is 3.33. The van der Waals surface area contributed by atoms with Gasteiger partial charge in [0, 0.05) is 0 Å². The van der Waals surface area contributed by atoms with Gasteiger partial charge in [0.2, 0.25) is 0 Å². The molecule has 8 heavy (non-hydrogen) atoms. The number of hydrogen-bond acceptors (Lipinski definition) is 0. The van der Waals surface area contributed by atoms with Gasteiger partial charge in [-0.3, -0.25) is 0 Å². The average molecular weight is 107 g/mol. The van der Waals surface area contributed by atoms with E-state index in [0.29, 0.717) is 0 Å². The molecule has 0 saturated heterocycles. The fraction of sp³-hybridized carbons (Fsp3) is 0.500. The predicted molar refractivity (Wildman–Crippen MR) is 36.1 cm³/mol. The first kappa shape index (κ1) is 5.61. The molecule has 1 aromatic heterocycles. The van der Waals surface area contributed by atoms with Gasteiger partial charge >= 0.3 is 49.6 Å². The fourth-order valence-electron chi connectivity index (χ4n) is 0.777. The standard InChI is InChI=1S/C6H10BN/c1-2-5-8-6-3-4-7-8/h3-4,6H,2,5H2,1H3. The predicted octanol–water partition coefficient (Wildman–Crippen LogP) is 1.24. The first-order valence-corrected chi connectivity index (χ1v) is 3.04. The summed E-state index contributed by atoms with van der Waals surface area (Å²) < 4.78 is 2.18. The number of aromatic nitrogens is 1. The van der Waals surface area contributed by atoms with Crippen molar-refractivity contribution in [3.63, 3.8) is 0 Å². The van der Waals surface area contributed by atoms with Crippen LogP contribution in [0.4, 0.5) is 0 Å². The minimum atomic E-state index is 1.15. The third-order valence-electron chi connectivity index (χ3n) is 1.15. The summed E-state index contributed by atoms with van der Waals surface area (Å²) in [5.74, 6) is 2.05. The molecule has 1 heterocycles. The van der Waals surface area contributed by atoms with E-state index in [9.17, 15) is 0 Å². The molecule has 0 N–H and O–H groups in total. The Bertz CT molecular complexity index is 134. The first-order valence-electron chi connectivity index (χ1n) is 3.04. The zero-order valence-corrected chi connectivity index (χ0v) is 5.17. The Hall–Kier alpha value is -0.525. The van der Waals surface area contributed by atoms with Crippen LogP contribution >= 0.6 is 0 Å². The van der Waals surface area contributed by atoms with Gasteiger partial charge in [-0.2, -0.15) is 0 Å². The molecule has 2 heteroatoms. The molecule has 0 fully saturated rings. The van der Waals surface area contributed by atoms with Crippen LogP contribution in [0, 0.1) is 0 Å². The molecular weight excluding hydrogens is 96.9 g/mol. The molecule has 1 nitrogen and oxygen atoms in total. The van der Waals surface area contributed by atoms with Crippen LogP contribution in [-0.2, 0) is 6.54 Å². The molecule has 0 aliphatic rings. The van der Waals surface area contributed by atoms with Crippen molar-refractivity contribution in [3.05, 3.63) is 18.2 Å². The molecule has 42 valence electrons. The van der Waals surface area contributed by atoms with Gasteiger partial charge in [0.15, 0.2) is 0 Å². The Morgan fingerprint density at radius 2 is 2.50 bits per heavy atom. The van der Waals surface area contributed by atoms with Crippen molar-refractivity contribution in [2.24, 2.45) is 0 Å². The maximum atomic E-state index is 2.18. The first-order chi connectivity index (χ1) is 3.93. The van der Waals surface area contributed by atoms with Crippen molar-refractivity contribution in [1.82, 2.24) is 4.47 Å². The van der Waals surface area contributed by atoms with E-state index < -0.39 is 0 Å². The Morgan fingerprint density at radius 3 is 3.00 bits per heavy atom. The Morgan fingerprint density at radius 1 is 1.62 bits per heavy atom. The molecule has 1 aromatic rings. The second-order valence-electron chi connectivity index (χ2n) is 1.92. The Kier molecular flexibility index (Phi) is 1.89. The van der Waals surface area contributed by atoms with Crippen LogP contribution in [0.3, 0.4) is 0 Å². The SMILES string of the molecule is CCCn1bccc1. The third-order valence-corrected chi connectivity index (χ3v) is 1.15. The van der Waals surface area contributed by atoms with Crippen LogP contribution in [0.5, 0.6) is 0 Å². The summed E-state index contributed by atoms with van der Waals surface area (Å²) in [5, 5.41) is 0. The van der Waals surface area contributed by atoms with E-state index in [4.69, 9.17) is 0 Å². The van der Waals surface area contributed by atoms with Gasteiger partial charge in [-0.05, 0) is 0 Å². The molecule has 0 radical (unpaired) electrons. The van der Waals surface area contributed by atoms with E-state index in [2.05, 4.69) is 36.7 Å². The molecule has 0 aliphatic heterocycles. The normalized spacial score (nSPS) is 9.12. The minimum absolute atomic E-state index is 1.15. The van der Waals surface area contributed by atoms with Gasteiger partial charge in [0.05, 0.1) is 0 Å². The quantitative estimate of drug-likeness (QED) is 0.535.